The van der Waals surface area contributed by atoms with Crippen LogP contribution in [0.3, 0.4) is 0 Å². The smallest absolute Gasteiger partial charge is 0.306 e. The van der Waals surface area contributed by atoms with Gasteiger partial charge in [0, 0.05) is 10.4 Å². The van der Waals surface area contributed by atoms with Gasteiger partial charge in [-0.1, -0.05) is 48.0 Å². The zero-order chi connectivity index (χ0) is 19.0. The summed E-state index contributed by atoms with van der Waals surface area (Å²) in [6.07, 6.45) is 4.01. The maximum absolute atomic E-state index is 11.2. The highest BCUT2D eigenvalue weighted by Gasteiger charge is 2.24. The molecule has 0 spiro atoms. The van der Waals surface area contributed by atoms with Crippen molar-refractivity contribution in [3.63, 3.8) is 0 Å². The summed E-state index contributed by atoms with van der Waals surface area (Å²) >= 11 is 6.42. The van der Waals surface area contributed by atoms with E-state index < -0.39 is 5.97 Å². The Balaban J connectivity index is 1.75. The number of aliphatic carboxylic acids is 1. The van der Waals surface area contributed by atoms with Crippen molar-refractivity contribution in [2.45, 2.75) is 32.7 Å². The minimum Gasteiger partial charge on any atom is -0.481 e. The van der Waals surface area contributed by atoms with Gasteiger partial charge < -0.3 is 5.11 Å². The lowest BCUT2D eigenvalue weighted by molar-refractivity contribution is -0.141. The summed E-state index contributed by atoms with van der Waals surface area (Å²) in [6, 6.07) is 14.1. The molecule has 138 valence electrons. The third-order valence-corrected chi connectivity index (χ3v) is 5.74. The number of halogens is 1. The molecule has 0 fully saturated rings. The highest BCUT2D eigenvalue weighted by molar-refractivity contribution is 6.31. The van der Waals surface area contributed by atoms with Gasteiger partial charge in [-0.2, -0.15) is 5.10 Å². The monoisotopic (exact) mass is 380 g/mol. The second kappa shape index (κ2) is 7.20. The zero-order valence-electron chi connectivity index (χ0n) is 15.2. The predicted molar refractivity (Wildman–Crippen MR) is 108 cm³/mol. The molecule has 2 aromatic carbocycles. The number of rotatable bonds is 4. The van der Waals surface area contributed by atoms with Crippen molar-refractivity contribution < 1.29 is 9.90 Å². The summed E-state index contributed by atoms with van der Waals surface area (Å²) in [7, 11) is 0. The maximum atomic E-state index is 11.2. The number of hydrogen-bond donors (Lipinski definition) is 1. The first kappa shape index (κ1) is 17.8. The molecule has 0 aliphatic heterocycles. The number of benzene rings is 2. The van der Waals surface area contributed by atoms with E-state index in [9.17, 15) is 9.90 Å². The quantitative estimate of drug-likeness (QED) is 0.666. The number of carboxylic acid groups (broad SMARTS) is 1. The molecule has 3 aromatic rings. The summed E-state index contributed by atoms with van der Waals surface area (Å²) in [4.78, 5) is 11.2. The van der Waals surface area contributed by atoms with Crippen LogP contribution in [-0.2, 0) is 11.3 Å². The van der Waals surface area contributed by atoms with Crippen LogP contribution in [0.2, 0.25) is 5.02 Å². The summed E-state index contributed by atoms with van der Waals surface area (Å²) in [5.74, 6) is -0.997. The average molecular weight is 381 g/mol. The average Bonchev–Trinajstić information content (AvgIpc) is 3.04. The standard InChI is InChI=1S/C22H21ClN2O2/c1-14-5-4-7-19(23)18(14)13-25-20-8-3-2-6-17(20)21(24-25)15-9-11-16(12-10-15)22(26)27/h2-9,16H,10-13H2,1H3,(H,26,27). The van der Waals surface area contributed by atoms with Crippen LogP contribution >= 0.6 is 11.6 Å². The Morgan fingerprint density at radius 1 is 1.26 bits per heavy atom. The first-order valence-electron chi connectivity index (χ1n) is 9.16. The number of hydrogen-bond acceptors (Lipinski definition) is 2. The Morgan fingerprint density at radius 3 is 2.78 bits per heavy atom. The lowest BCUT2D eigenvalue weighted by Crippen LogP contribution is -2.16. The molecule has 0 amide bonds. The van der Waals surface area contributed by atoms with Crippen molar-refractivity contribution in [2.24, 2.45) is 5.92 Å². The number of nitrogens with zero attached hydrogens (tertiary/aromatic N) is 2. The second-order valence-electron chi connectivity index (χ2n) is 7.10. The molecular weight excluding hydrogens is 360 g/mol. The number of fused-ring (bicyclic) bond motifs is 1. The van der Waals surface area contributed by atoms with Crippen LogP contribution in [0.15, 0.2) is 48.5 Å². The fourth-order valence-corrected chi connectivity index (χ4v) is 4.06. The van der Waals surface area contributed by atoms with Gasteiger partial charge in [-0.25, -0.2) is 0 Å². The topological polar surface area (TPSA) is 55.1 Å². The molecule has 0 radical (unpaired) electrons. The van der Waals surface area contributed by atoms with Crippen molar-refractivity contribution in [1.29, 1.82) is 0 Å². The zero-order valence-corrected chi connectivity index (χ0v) is 15.9. The van der Waals surface area contributed by atoms with E-state index in [4.69, 9.17) is 16.7 Å². The molecule has 0 saturated carbocycles. The highest BCUT2D eigenvalue weighted by Crippen LogP contribution is 2.34. The molecule has 1 aliphatic carbocycles. The number of aromatic nitrogens is 2. The van der Waals surface area contributed by atoms with E-state index in [1.165, 1.54) is 0 Å². The van der Waals surface area contributed by atoms with Gasteiger partial charge in [0.25, 0.3) is 0 Å². The van der Waals surface area contributed by atoms with Gasteiger partial charge in [0.2, 0.25) is 0 Å². The normalized spacial score (nSPS) is 17.1. The summed E-state index contributed by atoms with van der Waals surface area (Å²) in [6.45, 7) is 2.67. The van der Waals surface area contributed by atoms with Gasteiger partial charge in [-0.15, -0.1) is 0 Å². The van der Waals surface area contributed by atoms with E-state index in [0.717, 1.165) is 44.7 Å². The van der Waals surface area contributed by atoms with Gasteiger partial charge in [0.15, 0.2) is 0 Å². The third kappa shape index (κ3) is 3.37. The van der Waals surface area contributed by atoms with Gasteiger partial charge in [0.05, 0.1) is 23.7 Å². The Hall–Kier alpha value is -2.59. The number of carbonyl (C=O) groups is 1. The molecule has 27 heavy (non-hydrogen) atoms. The Labute approximate surface area is 163 Å². The molecule has 1 heterocycles. The van der Waals surface area contributed by atoms with Crippen LogP contribution in [0.4, 0.5) is 0 Å². The number of allylic oxidation sites excluding steroid dienone is 2. The molecular formula is C22H21ClN2O2. The van der Waals surface area contributed by atoms with Crippen LogP contribution < -0.4 is 0 Å². The second-order valence-corrected chi connectivity index (χ2v) is 7.50. The lowest BCUT2D eigenvalue weighted by atomic mass is 9.88. The third-order valence-electron chi connectivity index (χ3n) is 5.38. The molecule has 1 N–H and O–H groups in total. The summed E-state index contributed by atoms with van der Waals surface area (Å²) < 4.78 is 2.00. The van der Waals surface area contributed by atoms with Crippen LogP contribution in [0, 0.1) is 12.8 Å². The molecule has 1 atom stereocenters. The first-order valence-corrected chi connectivity index (χ1v) is 9.54. The van der Waals surface area contributed by atoms with E-state index in [1.807, 2.05) is 35.0 Å². The van der Waals surface area contributed by atoms with E-state index in [1.54, 1.807) is 0 Å². The predicted octanol–water partition coefficient (Wildman–Crippen LogP) is 5.31. The largest absolute Gasteiger partial charge is 0.481 e. The summed E-state index contributed by atoms with van der Waals surface area (Å²) in [5, 5.41) is 16.0. The van der Waals surface area contributed by atoms with Crippen LogP contribution in [0.1, 0.15) is 36.1 Å². The van der Waals surface area contributed by atoms with Gasteiger partial charge in [0.1, 0.15) is 0 Å². The molecule has 1 aromatic heterocycles. The van der Waals surface area contributed by atoms with Crippen molar-refractivity contribution in [2.75, 3.05) is 0 Å². The van der Waals surface area contributed by atoms with Gasteiger partial charge in [-0.3, -0.25) is 9.48 Å². The Morgan fingerprint density at radius 2 is 2.07 bits per heavy atom. The first-order chi connectivity index (χ1) is 13.0. The van der Waals surface area contributed by atoms with Crippen LogP contribution in [-0.4, -0.2) is 20.9 Å². The molecule has 0 saturated heterocycles. The number of para-hydroxylation sites is 1. The Kier molecular flexibility index (Phi) is 4.75. The maximum Gasteiger partial charge on any atom is 0.306 e. The summed E-state index contributed by atoms with van der Waals surface area (Å²) in [5.41, 5.74) is 5.37. The molecule has 1 unspecified atom stereocenters. The highest BCUT2D eigenvalue weighted by atomic mass is 35.5. The van der Waals surface area contributed by atoms with E-state index in [2.05, 4.69) is 25.1 Å². The van der Waals surface area contributed by atoms with Crippen molar-refractivity contribution in [1.82, 2.24) is 9.78 Å². The fraction of sp³-hybridized carbons (Fsp3) is 0.273. The number of carboxylic acids is 1. The van der Waals surface area contributed by atoms with Gasteiger partial charge >= 0.3 is 5.97 Å². The van der Waals surface area contributed by atoms with E-state index in [-0.39, 0.29) is 5.92 Å². The molecule has 5 heteroatoms. The van der Waals surface area contributed by atoms with Crippen molar-refractivity contribution in [3.8, 4) is 0 Å². The van der Waals surface area contributed by atoms with E-state index >= 15 is 0 Å². The minimum atomic E-state index is -0.713. The van der Waals surface area contributed by atoms with Crippen LogP contribution in [0.25, 0.3) is 16.5 Å². The van der Waals surface area contributed by atoms with Crippen molar-refractivity contribution >= 4 is 34.0 Å². The number of aryl methyl sites for hydroxylation is 1. The van der Waals surface area contributed by atoms with Gasteiger partial charge in [-0.05, 0) is 55.0 Å². The minimum absolute atomic E-state index is 0.284. The fourth-order valence-electron chi connectivity index (χ4n) is 3.78. The molecule has 1 aliphatic rings. The van der Waals surface area contributed by atoms with Crippen molar-refractivity contribution in [3.05, 3.63) is 70.4 Å². The SMILES string of the molecule is Cc1cccc(Cl)c1Cn1nc(C2=CCC(C(=O)O)CC2)c2ccccc21. The molecule has 4 rings (SSSR count). The molecule has 4 nitrogen and oxygen atoms in total. The van der Waals surface area contributed by atoms with Crippen LogP contribution in [0.5, 0.6) is 0 Å². The van der Waals surface area contributed by atoms with E-state index in [0.29, 0.717) is 19.4 Å². The Bertz CT molecular complexity index is 1030. The molecule has 0 bridgehead atoms. The lowest BCUT2D eigenvalue weighted by Gasteiger charge is -2.17.